The largest absolute Gasteiger partial charge is 0.497 e. The van der Waals surface area contributed by atoms with E-state index in [4.69, 9.17) is 28.2 Å². The summed E-state index contributed by atoms with van der Waals surface area (Å²) in [5.74, 6) is 3.18. The van der Waals surface area contributed by atoms with Crippen LogP contribution in [0, 0.1) is 0 Å². The summed E-state index contributed by atoms with van der Waals surface area (Å²) in [7, 11) is 10.2. The average Bonchev–Trinajstić information content (AvgIpc) is 2.97. The van der Waals surface area contributed by atoms with Gasteiger partial charge in [-0.25, -0.2) is 4.79 Å². The normalized spacial score (nSPS) is 14.7. The molecule has 198 valence electrons. The van der Waals surface area contributed by atoms with Crippen molar-refractivity contribution in [2.75, 3.05) is 42.1 Å². The van der Waals surface area contributed by atoms with E-state index in [1.54, 1.807) is 40.4 Å². The van der Waals surface area contributed by atoms with Crippen LogP contribution in [-0.2, 0) is 10.9 Å². The number of benzene rings is 4. The van der Waals surface area contributed by atoms with Gasteiger partial charge in [-0.05, 0) is 87.1 Å². The zero-order chi connectivity index (χ0) is 27.0. The van der Waals surface area contributed by atoms with Crippen LogP contribution in [0.3, 0.4) is 0 Å². The van der Waals surface area contributed by atoms with Crippen LogP contribution in [0.1, 0.15) is 22.7 Å². The number of carbonyl (C=O) groups is 1. The molecular formula is C29H30NO7P. The number of hydrogen-bond donors (Lipinski definition) is 0. The highest BCUT2D eigenvalue weighted by atomic mass is 31.0. The lowest BCUT2D eigenvalue weighted by Gasteiger charge is -2.37. The Morgan fingerprint density at radius 2 is 1.37 bits per heavy atom. The quantitative estimate of drug-likeness (QED) is 0.224. The van der Waals surface area contributed by atoms with Crippen LogP contribution in [0.5, 0.6) is 28.7 Å². The molecule has 0 N–H and O–H groups in total. The smallest absolute Gasteiger partial charge is 0.412 e. The van der Waals surface area contributed by atoms with Gasteiger partial charge >= 0.3 is 6.09 Å². The highest BCUT2D eigenvalue weighted by Gasteiger charge is 2.35. The third-order valence-electron chi connectivity index (χ3n) is 7.20. The first-order valence-corrected chi connectivity index (χ1v) is 12.5. The van der Waals surface area contributed by atoms with Gasteiger partial charge in [-0.1, -0.05) is 6.07 Å². The van der Waals surface area contributed by atoms with Crippen molar-refractivity contribution in [1.82, 2.24) is 4.90 Å². The van der Waals surface area contributed by atoms with E-state index in [2.05, 4.69) is 15.5 Å². The van der Waals surface area contributed by atoms with Gasteiger partial charge in [-0.15, -0.1) is 0 Å². The van der Waals surface area contributed by atoms with Crippen LogP contribution in [0.15, 0.2) is 48.5 Å². The Kier molecular flexibility index (Phi) is 7.09. The van der Waals surface area contributed by atoms with Crippen LogP contribution in [0.2, 0.25) is 0 Å². The zero-order valence-corrected chi connectivity index (χ0v) is 23.1. The summed E-state index contributed by atoms with van der Waals surface area (Å²) in [6.07, 6.45) is 0.204. The molecule has 0 saturated carbocycles. The summed E-state index contributed by atoms with van der Waals surface area (Å²) >= 11 is 0. The number of amides is 1. The molecule has 0 aromatic heterocycles. The van der Waals surface area contributed by atoms with Gasteiger partial charge in [0.05, 0.1) is 51.1 Å². The van der Waals surface area contributed by atoms with E-state index in [1.807, 2.05) is 42.5 Å². The van der Waals surface area contributed by atoms with Crippen molar-refractivity contribution in [2.24, 2.45) is 0 Å². The second-order valence-corrected chi connectivity index (χ2v) is 9.18. The number of nitrogens with zero attached hydrogens (tertiary/aromatic N) is 1. The van der Waals surface area contributed by atoms with Crippen molar-refractivity contribution < 1.29 is 33.0 Å². The second kappa shape index (κ2) is 10.5. The van der Waals surface area contributed by atoms with Gasteiger partial charge in [-0.2, -0.15) is 0 Å². The van der Waals surface area contributed by atoms with E-state index in [9.17, 15) is 4.79 Å². The molecule has 1 aliphatic rings. The Hall–Kier alpha value is -3.90. The molecule has 38 heavy (non-hydrogen) atoms. The molecule has 5 rings (SSSR count). The zero-order valence-electron chi connectivity index (χ0n) is 22.0. The first kappa shape index (κ1) is 25.7. The molecule has 1 heterocycles. The topological polar surface area (TPSA) is 75.7 Å². The van der Waals surface area contributed by atoms with Gasteiger partial charge in [0.1, 0.15) is 5.75 Å². The predicted molar refractivity (Wildman–Crippen MR) is 149 cm³/mol. The van der Waals surface area contributed by atoms with E-state index >= 15 is 0 Å². The first-order chi connectivity index (χ1) is 18.5. The number of carbonyl (C=O) groups excluding carboxylic acids is 1. The fourth-order valence-electron chi connectivity index (χ4n) is 5.38. The number of rotatable bonds is 6. The number of fused-ring (bicyclic) bond motifs is 4. The minimum absolute atomic E-state index is 0.441. The van der Waals surface area contributed by atoms with Gasteiger partial charge in [-0.3, -0.25) is 4.90 Å². The molecule has 9 heteroatoms. The van der Waals surface area contributed by atoms with Crippen molar-refractivity contribution in [2.45, 2.75) is 12.5 Å². The summed E-state index contributed by atoms with van der Waals surface area (Å²) in [6, 6.07) is 15.5. The Bertz CT molecular complexity index is 1540. The van der Waals surface area contributed by atoms with Crippen LogP contribution in [0.4, 0.5) is 4.79 Å². The molecule has 0 saturated heterocycles. The van der Waals surface area contributed by atoms with E-state index in [0.29, 0.717) is 36.0 Å². The lowest BCUT2D eigenvalue weighted by Crippen LogP contribution is -2.40. The van der Waals surface area contributed by atoms with Gasteiger partial charge in [0.15, 0.2) is 23.0 Å². The lowest BCUT2D eigenvalue weighted by molar-refractivity contribution is 0.143. The Morgan fingerprint density at radius 3 is 2.00 bits per heavy atom. The van der Waals surface area contributed by atoms with Crippen LogP contribution < -0.4 is 23.7 Å². The van der Waals surface area contributed by atoms with Gasteiger partial charge in [0.2, 0.25) is 0 Å². The van der Waals surface area contributed by atoms with Crippen LogP contribution in [-0.4, -0.2) is 53.1 Å². The van der Waals surface area contributed by atoms with E-state index in [0.717, 1.165) is 44.0 Å². The van der Waals surface area contributed by atoms with Crippen molar-refractivity contribution in [1.29, 1.82) is 0 Å². The van der Waals surface area contributed by atoms with Crippen LogP contribution >= 0.6 is 9.47 Å². The summed E-state index contributed by atoms with van der Waals surface area (Å²) in [4.78, 5) is 14.8. The molecule has 2 unspecified atom stereocenters. The summed E-state index contributed by atoms with van der Waals surface area (Å²) in [5, 5.41) is 3.85. The van der Waals surface area contributed by atoms with Crippen LogP contribution in [0.25, 0.3) is 21.5 Å². The van der Waals surface area contributed by atoms with Crippen molar-refractivity contribution in [3.8, 4) is 28.7 Å². The molecule has 0 radical (unpaired) electrons. The van der Waals surface area contributed by atoms with Gasteiger partial charge < -0.3 is 28.2 Å². The molecule has 0 fully saturated rings. The van der Waals surface area contributed by atoms with E-state index in [1.165, 1.54) is 0 Å². The van der Waals surface area contributed by atoms with Gasteiger partial charge in [0.25, 0.3) is 0 Å². The Balaban J connectivity index is 1.89. The fourth-order valence-corrected chi connectivity index (χ4v) is 5.51. The predicted octanol–water partition coefficient (Wildman–Crippen LogP) is 5.91. The van der Waals surface area contributed by atoms with Crippen molar-refractivity contribution >= 4 is 37.1 Å². The van der Waals surface area contributed by atoms with E-state index in [-0.39, 0.29) is 0 Å². The average molecular weight is 536 g/mol. The van der Waals surface area contributed by atoms with Crippen molar-refractivity contribution in [3.63, 3.8) is 0 Å². The lowest BCUT2D eigenvalue weighted by atomic mass is 9.84. The summed E-state index contributed by atoms with van der Waals surface area (Å²) < 4.78 is 33.2. The Labute approximate surface area is 223 Å². The molecule has 2 atom stereocenters. The molecule has 4 aromatic rings. The number of ether oxygens (including phenoxy) is 5. The minimum Gasteiger partial charge on any atom is -0.497 e. The monoisotopic (exact) mass is 535 g/mol. The highest BCUT2D eigenvalue weighted by molar-refractivity contribution is 7.10. The molecule has 4 aromatic carbocycles. The maximum Gasteiger partial charge on any atom is 0.412 e. The molecule has 8 nitrogen and oxygen atoms in total. The Morgan fingerprint density at radius 1 is 0.737 bits per heavy atom. The third kappa shape index (κ3) is 4.19. The second-order valence-electron chi connectivity index (χ2n) is 8.94. The SMILES string of the molecule is COc1ccc2cc(C3c4cc(OC)c(OC)cc4CCN3C(=O)OP)c3cc(OC)c(OC)cc3c2c1. The molecule has 1 amide bonds. The molecule has 0 bridgehead atoms. The molecular weight excluding hydrogens is 505 g/mol. The molecule has 0 spiro atoms. The first-order valence-electron chi connectivity index (χ1n) is 12.1. The standard InChI is InChI=1S/C29H30NO7P/c1-32-18-7-6-16-10-23(22-15-27(36-5)26(35-4)14-21(22)19(16)12-18)28-20-13-25(34-3)24(33-2)11-17(20)8-9-30(28)29(31)37-38/h6-7,10-15,28H,8-9,38H2,1-5H3. The molecule has 0 aliphatic carbocycles. The van der Waals surface area contributed by atoms with Gasteiger partial charge in [0, 0.05) is 6.54 Å². The fraction of sp³-hybridized carbons (Fsp3) is 0.276. The highest BCUT2D eigenvalue weighted by Crippen LogP contribution is 2.46. The molecule has 1 aliphatic heterocycles. The number of hydrogen-bond acceptors (Lipinski definition) is 7. The third-order valence-corrected chi connectivity index (χ3v) is 7.40. The maximum atomic E-state index is 13.1. The van der Waals surface area contributed by atoms with Crippen molar-refractivity contribution in [3.05, 3.63) is 65.2 Å². The van der Waals surface area contributed by atoms with E-state index < -0.39 is 12.1 Å². The maximum absolute atomic E-state index is 13.1. The summed E-state index contributed by atoms with van der Waals surface area (Å²) in [5.41, 5.74) is 2.93. The number of methoxy groups -OCH3 is 5. The summed E-state index contributed by atoms with van der Waals surface area (Å²) in [6.45, 7) is 0.468. The minimum atomic E-state index is -0.460.